The van der Waals surface area contributed by atoms with Crippen LogP contribution in [-0.4, -0.2) is 16.9 Å². The van der Waals surface area contributed by atoms with Crippen LogP contribution in [0.25, 0.3) is 5.69 Å². The average Bonchev–Trinajstić information content (AvgIpc) is 2.64. The minimum absolute atomic E-state index is 0.473. The van der Waals surface area contributed by atoms with E-state index in [-0.39, 0.29) is 0 Å². The summed E-state index contributed by atoms with van der Waals surface area (Å²) in [5.41, 5.74) is 9.55. The average molecular weight is 266 g/mol. The van der Waals surface area contributed by atoms with E-state index in [0.717, 1.165) is 28.4 Å². The van der Waals surface area contributed by atoms with E-state index in [0.29, 0.717) is 11.6 Å². The van der Waals surface area contributed by atoms with Crippen molar-refractivity contribution in [2.45, 2.75) is 20.4 Å². The molecular weight excluding hydrogens is 250 g/mol. The van der Waals surface area contributed by atoms with E-state index in [2.05, 4.69) is 5.10 Å². The fourth-order valence-electron chi connectivity index (χ4n) is 2.03. The van der Waals surface area contributed by atoms with E-state index in [9.17, 15) is 0 Å². The van der Waals surface area contributed by atoms with Gasteiger partial charge in [0.15, 0.2) is 0 Å². The number of halogens is 1. The number of methoxy groups -OCH3 is 1. The molecular formula is C13H16ClN3O. The Morgan fingerprint density at radius 2 is 2.11 bits per heavy atom. The van der Waals surface area contributed by atoms with Gasteiger partial charge in [0, 0.05) is 22.8 Å². The summed E-state index contributed by atoms with van der Waals surface area (Å²) >= 11 is 6.04. The van der Waals surface area contributed by atoms with Gasteiger partial charge in [-0.2, -0.15) is 5.10 Å². The number of benzene rings is 1. The minimum atomic E-state index is 0.473. The van der Waals surface area contributed by atoms with Gasteiger partial charge >= 0.3 is 0 Å². The molecule has 2 rings (SSSR count). The van der Waals surface area contributed by atoms with E-state index < -0.39 is 0 Å². The molecule has 1 aromatic heterocycles. The van der Waals surface area contributed by atoms with Crippen LogP contribution >= 0.6 is 11.6 Å². The van der Waals surface area contributed by atoms with Crippen LogP contribution in [0.3, 0.4) is 0 Å². The van der Waals surface area contributed by atoms with Crippen molar-refractivity contribution < 1.29 is 4.74 Å². The second-order valence-electron chi connectivity index (χ2n) is 4.08. The first-order valence-corrected chi connectivity index (χ1v) is 6.05. The van der Waals surface area contributed by atoms with Crippen molar-refractivity contribution in [2.75, 3.05) is 7.11 Å². The highest BCUT2D eigenvalue weighted by molar-refractivity contribution is 6.30. The molecule has 1 heterocycles. The van der Waals surface area contributed by atoms with Gasteiger partial charge in [-0.1, -0.05) is 11.6 Å². The SMILES string of the molecule is COc1ccc(Cl)cc1-n1nc(C)c(CN)c1C. The summed E-state index contributed by atoms with van der Waals surface area (Å²) in [6.07, 6.45) is 0. The second-order valence-corrected chi connectivity index (χ2v) is 4.52. The highest BCUT2D eigenvalue weighted by Gasteiger charge is 2.14. The zero-order valence-electron chi connectivity index (χ0n) is 10.7. The number of rotatable bonds is 3. The van der Waals surface area contributed by atoms with Gasteiger partial charge in [-0.3, -0.25) is 0 Å². The molecule has 1 aromatic carbocycles. The van der Waals surface area contributed by atoms with E-state index in [1.54, 1.807) is 13.2 Å². The third-order valence-electron chi connectivity index (χ3n) is 3.01. The van der Waals surface area contributed by atoms with Crippen LogP contribution in [-0.2, 0) is 6.54 Å². The molecule has 18 heavy (non-hydrogen) atoms. The van der Waals surface area contributed by atoms with E-state index in [4.69, 9.17) is 22.1 Å². The second kappa shape index (κ2) is 5.00. The summed E-state index contributed by atoms with van der Waals surface area (Å²) in [5.74, 6) is 0.730. The standard InChI is InChI=1S/C13H16ClN3O/c1-8-11(7-15)9(2)17(16-8)12-6-10(14)4-5-13(12)18-3/h4-6H,7,15H2,1-3H3. The van der Waals surface area contributed by atoms with Gasteiger partial charge in [-0.15, -0.1) is 0 Å². The van der Waals surface area contributed by atoms with Gasteiger partial charge in [-0.05, 0) is 32.0 Å². The van der Waals surface area contributed by atoms with Crippen LogP contribution in [0, 0.1) is 13.8 Å². The maximum Gasteiger partial charge on any atom is 0.144 e. The lowest BCUT2D eigenvalue weighted by molar-refractivity contribution is 0.411. The molecule has 4 nitrogen and oxygen atoms in total. The first-order chi connectivity index (χ1) is 8.58. The van der Waals surface area contributed by atoms with E-state index in [1.165, 1.54) is 0 Å². The minimum Gasteiger partial charge on any atom is -0.494 e. The summed E-state index contributed by atoms with van der Waals surface area (Å²) in [6.45, 7) is 4.41. The van der Waals surface area contributed by atoms with Crippen molar-refractivity contribution in [3.8, 4) is 11.4 Å². The Hall–Kier alpha value is -1.52. The van der Waals surface area contributed by atoms with Gasteiger partial charge in [0.1, 0.15) is 11.4 Å². The number of hydrogen-bond acceptors (Lipinski definition) is 3. The zero-order valence-corrected chi connectivity index (χ0v) is 11.5. The predicted octanol–water partition coefficient (Wildman–Crippen LogP) is 2.61. The molecule has 0 unspecified atom stereocenters. The van der Waals surface area contributed by atoms with Crippen LogP contribution in [0.1, 0.15) is 17.0 Å². The summed E-state index contributed by atoms with van der Waals surface area (Å²) in [7, 11) is 1.63. The smallest absolute Gasteiger partial charge is 0.144 e. The molecule has 0 bridgehead atoms. The highest BCUT2D eigenvalue weighted by atomic mass is 35.5. The highest BCUT2D eigenvalue weighted by Crippen LogP contribution is 2.28. The normalized spacial score (nSPS) is 10.7. The number of ether oxygens (including phenoxy) is 1. The summed E-state index contributed by atoms with van der Waals surface area (Å²) in [5, 5.41) is 5.14. The molecule has 96 valence electrons. The monoisotopic (exact) mass is 265 g/mol. The Labute approximate surface area is 111 Å². The van der Waals surface area contributed by atoms with Crippen molar-refractivity contribution in [2.24, 2.45) is 5.73 Å². The van der Waals surface area contributed by atoms with Gasteiger partial charge < -0.3 is 10.5 Å². The lowest BCUT2D eigenvalue weighted by Gasteiger charge is -2.10. The predicted molar refractivity (Wildman–Crippen MR) is 72.5 cm³/mol. The third kappa shape index (κ3) is 2.09. The van der Waals surface area contributed by atoms with Gasteiger partial charge in [0.25, 0.3) is 0 Å². The first kappa shape index (κ1) is 12.9. The Kier molecular flexibility index (Phi) is 3.59. The molecule has 0 aliphatic heterocycles. The molecule has 0 atom stereocenters. The third-order valence-corrected chi connectivity index (χ3v) is 3.25. The van der Waals surface area contributed by atoms with Crippen LogP contribution in [0.5, 0.6) is 5.75 Å². The fourth-order valence-corrected chi connectivity index (χ4v) is 2.20. The molecule has 0 amide bonds. The molecule has 0 spiro atoms. The van der Waals surface area contributed by atoms with Crippen LogP contribution in [0.2, 0.25) is 5.02 Å². The Balaban J connectivity index is 2.65. The first-order valence-electron chi connectivity index (χ1n) is 5.67. The van der Waals surface area contributed by atoms with E-state index in [1.807, 2.05) is 30.7 Å². The molecule has 5 heteroatoms. The molecule has 0 saturated heterocycles. The lowest BCUT2D eigenvalue weighted by Crippen LogP contribution is -2.03. The Bertz CT molecular complexity index is 578. The number of aromatic nitrogens is 2. The maximum atomic E-state index is 6.04. The molecule has 0 radical (unpaired) electrons. The maximum absolute atomic E-state index is 6.04. The van der Waals surface area contributed by atoms with Gasteiger partial charge in [0.05, 0.1) is 12.8 Å². The molecule has 2 N–H and O–H groups in total. The number of nitrogens with two attached hydrogens (primary N) is 1. The van der Waals surface area contributed by atoms with Gasteiger partial charge in [-0.25, -0.2) is 4.68 Å². The molecule has 0 saturated carbocycles. The Morgan fingerprint density at radius 1 is 1.39 bits per heavy atom. The quantitative estimate of drug-likeness (QED) is 0.928. The van der Waals surface area contributed by atoms with Crippen molar-refractivity contribution in [1.29, 1.82) is 0 Å². The largest absolute Gasteiger partial charge is 0.494 e. The topological polar surface area (TPSA) is 53.1 Å². The zero-order chi connectivity index (χ0) is 13.3. The molecule has 2 aromatic rings. The number of nitrogens with zero attached hydrogens (tertiary/aromatic N) is 2. The molecule has 0 fully saturated rings. The van der Waals surface area contributed by atoms with Crippen molar-refractivity contribution in [3.05, 3.63) is 40.2 Å². The van der Waals surface area contributed by atoms with Crippen LogP contribution < -0.4 is 10.5 Å². The summed E-state index contributed by atoms with van der Waals surface area (Å²) in [4.78, 5) is 0. The number of aryl methyl sites for hydroxylation is 1. The van der Waals surface area contributed by atoms with Crippen molar-refractivity contribution in [1.82, 2.24) is 9.78 Å². The van der Waals surface area contributed by atoms with Crippen molar-refractivity contribution >= 4 is 11.6 Å². The Morgan fingerprint density at radius 3 is 2.67 bits per heavy atom. The van der Waals surface area contributed by atoms with Crippen LogP contribution in [0.4, 0.5) is 0 Å². The number of hydrogen-bond donors (Lipinski definition) is 1. The van der Waals surface area contributed by atoms with Crippen molar-refractivity contribution in [3.63, 3.8) is 0 Å². The van der Waals surface area contributed by atoms with E-state index >= 15 is 0 Å². The lowest BCUT2D eigenvalue weighted by atomic mass is 10.2. The van der Waals surface area contributed by atoms with Crippen LogP contribution in [0.15, 0.2) is 18.2 Å². The van der Waals surface area contributed by atoms with Gasteiger partial charge in [0.2, 0.25) is 0 Å². The molecule has 0 aliphatic carbocycles. The summed E-state index contributed by atoms with van der Waals surface area (Å²) < 4.78 is 7.16. The summed E-state index contributed by atoms with van der Waals surface area (Å²) in [6, 6.07) is 5.45. The fraction of sp³-hybridized carbons (Fsp3) is 0.308. The molecule has 0 aliphatic rings.